The van der Waals surface area contributed by atoms with E-state index in [0.29, 0.717) is 0 Å². The topological polar surface area (TPSA) is 71.3 Å². The van der Waals surface area contributed by atoms with Crippen molar-refractivity contribution in [2.75, 3.05) is 17.2 Å². The van der Waals surface area contributed by atoms with Gasteiger partial charge in [-0.2, -0.15) is 0 Å². The van der Waals surface area contributed by atoms with Gasteiger partial charge in [-0.15, -0.1) is 10.2 Å². The summed E-state index contributed by atoms with van der Waals surface area (Å²) in [5, 5.41) is 15.4. The molecule has 0 saturated heterocycles. The minimum atomic E-state index is -0.297. The number of rotatable bonds is 4. The molecule has 1 aromatic carbocycles. The molecule has 142 valence electrons. The highest BCUT2D eigenvalue weighted by molar-refractivity contribution is 6.07. The SMILES string of the molecule is O=C1Nc2cc(-c3cccn4c(NCC5CC5)nnc34)ccc2C12CCCC2. The van der Waals surface area contributed by atoms with Gasteiger partial charge in [0.15, 0.2) is 5.65 Å². The molecule has 6 nitrogen and oxygen atoms in total. The number of carbonyl (C=O) groups is 1. The third kappa shape index (κ3) is 2.30. The molecule has 2 aliphatic carbocycles. The second-order valence-electron chi connectivity index (χ2n) is 8.47. The zero-order chi connectivity index (χ0) is 18.7. The third-order valence-corrected chi connectivity index (χ3v) is 6.67. The molecule has 2 fully saturated rings. The molecule has 2 saturated carbocycles. The van der Waals surface area contributed by atoms with E-state index >= 15 is 0 Å². The van der Waals surface area contributed by atoms with E-state index in [1.165, 1.54) is 18.4 Å². The van der Waals surface area contributed by atoms with Gasteiger partial charge in [0.1, 0.15) is 0 Å². The number of hydrogen-bond donors (Lipinski definition) is 2. The van der Waals surface area contributed by atoms with Crippen molar-refractivity contribution in [3.8, 4) is 11.1 Å². The molecule has 6 heteroatoms. The van der Waals surface area contributed by atoms with Crippen molar-refractivity contribution < 1.29 is 4.79 Å². The Labute approximate surface area is 163 Å². The fourth-order valence-electron chi connectivity index (χ4n) is 4.89. The molecule has 1 aliphatic heterocycles. The maximum absolute atomic E-state index is 12.7. The summed E-state index contributed by atoms with van der Waals surface area (Å²) in [4.78, 5) is 12.7. The number of fused-ring (bicyclic) bond motifs is 3. The largest absolute Gasteiger partial charge is 0.354 e. The Hall–Kier alpha value is -2.89. The first-order chi connectivity index (χ1) is 13.7. The molecule has 3 aliphatic rings. The quantitative estimate of drug-likeness (QED) is 0.726. The van der Waals surface area contributed by atoms with E-state index in [4.69, 9.17) is 0 Å². The summed E-state index contributed by atoms with van der Waals surface area (Å²) in [5.41, 5.74) is 4.74. The molecule has 2 N–H and O–H groups in total. The third-order valence-electron chi connectivity index (χ3n) is 6.67. The van der Waals surface area contributed by atoms with Crippen LogP contribution in [0.1, 0.15) is 44.1 Å². The summed E-state index contributed by atoms with van der Waals surface area (Å²) < 4.78 is 2.02. The minimum Gasteiger partial charge on any atom is -0.354 e. The Kier molecular flexibility index (Phi) is 3.34. The average Bonchev–Trinajstić information content (AvgIpc) is 3.14. The molecule has 2 aromatic heterocycles. The fraction of sp³-hybridized carbons (Fsp3) is 0.409. The van der Waals surface area contributed by atoms with Crippen molar-refractivity contribution in [3.63, 3.8) is 0 Å². The van der Waals surface area contributed by atoms with Gasteiger partial charge in [-0.25, -0.2) is 0 Å². The van der Waals surface area contributed by atoms with E-state index in [0.717, 1.165) is 66.6 Å². The number of nitrogens with zero attached hydrogens (tertiary/aromatic N) is 3. The molecule has 1 amide bonds. The summed E-state index contributed by atoms with van der Waals surface area (Å²) in [6.07, 6.45) is 8.78. The molecule has 28 heavy (non-hydrogen) atoms. The van der Waals surface area contributed by atoms with Crippen molar-refractivity contribution in [1.82, 2.24) is 14.6 Å². The lowest BCUT2D eigenvalue weighted by Crippen LogP contribution is -2.30. The van der Waals surface area contributed by atoms with Crippen molar-refractivity contribution >= 4 is 23.2 Å². The normalized spacial score (nSPS) is 19.9. The molecule has 0 bridgehead atoms. The molecular weight excluding hydrogens is 350 g/mol. The van der Waals surface area contributed by atoms with E-state index in [1.807, 2.05) is 16.7 Å². The van der Waals surface area contributed by atoms with Crippen LogP contribution in [0.15, 0.2) is 36.5 Å². The monoisotopic (exact) mass is 373 g/mol. The smallest absolute Gasteiger partial charge is 0.235 e. The van der Waals surface area contributed by atoms with Gasteiger partial charge >= 0.3 is 0 Å². The van der Waals surface area contributed by atoms with Crippen LogP contribution in [-0.2, 0) is 10.2 Å². The zero-order valence-electron chi connectivity index (χ0n) is 15.7. The highest BCUT2D eigenvalue weighted by Crippen LogP contribution is 2.49. The van der Waals surface area contributed by atoms with E-state index in [1.54, 1.807) is 0 Å². The summed E-state index contributed by atoms with van der Waals surface area (Å²) in [6.45, 7) is 0.956. The molecule has 0 atom stereocenters. The van der Waals surface area contributed by atoms with Gasteiger partial charge in [-0.05, 0) is 60.9 Å². The lowest BCUT2D eigenvalue weighted by Gasteiger charge is -2.20. The Balaban J connectivity index is 1.40. The second kappa shape index (κ2) is 5.80. The van der Waals surface area contributed by atoms with Gasteiger partial charge in [0.25, 0.3) is 0 Å². The summed E-state index contributed by atoms with van der Waals surface area (Å²) in [6, 6.07) is 10.5. The Morgan fingerprint density at radius 2 is 2.04 bits per heavy atom. The lowest BCUT2D eigenvalue weighted by molar-refractivity contribution is -0.120. The van der Waals surface area contributed by atoms with Gasteiger partial charge in [0.05, 0.1) is 5.41 Å². The van der Waals surface area contributed by atoms with Gasteiger partial charge in [-0.1, -0.05) is 25.0 Å². The maximum Gasteiger partial charge on any atom is 0.235 e. The number of aromatic nitrogens is 3. The minimum absolute atomic E-state index is 0.171. The summed E-state index contributed by atoms with van der Waals surface area (Å²) >= 11 is 0. The molecule has 0 radical (unpaired) electrons. The van der Waals surface area contributed by atoms with Crippen LogP contribution in [0.5, 0.6) is 0 Å². The van der Waals surface area contributed by atoms with Crippen LogP contribution in [0.25, 0.3) is 16.8 Å². The Morgan fingerprint density at radius 1 is 1.18 bits per heavy atom. The zero-order valence-corrected chi connectivity index (χ0v) is 15.7. The Bertz CT molecular complexity index is 1090. The van der Waals surface area contributed by atoms with E-state index in [2.05, 4.69) is 45.1 Å². The number of anilines is 2. The van der Waals surface area contributed by atoms with Crippen molar-refractivity contribution in [1.29, 1.82) is 0 Å². The van der Waals surface area contributed by atoms with Crippen molar-refractivity contribution in [3.05, 3.63) is 42.1 Å². The van der Waals surface area contributed by atoms with Crippen molar-refractivity contribution in [2.45, 2.75) is 43.9 Å². The number of benzene rings is 1. The van der Waals surface area contributed by atoms with Crippen molar-refractivity contribution in [2.24, 2.45) is 5.92 Å². The predicted octanol–water partition coefficient (Wildman–Crippen LogP) is 3.98. The standard InChI is InChI=1S/C22H23N5O/c28-20-22(9-1-2-10-22)17-8-7-15(12-18(17)24-20)16-4-3-11-27-19(16)25-26-21(27)23-13-14-5-6-14/h3-4,7-8,11-12,14H,1-2,5-6,9-10,13H2,(H,23,26)(H,24,28). The van der Waals surface area contributed by atoms with Crippen LogP contribution in [-0.4, -0.2) is 27.0 Å². The van der Waals surface area contributed by atoms with Crippen LogP contribution < -0.4 is 10.6 Å². The number of carbonyl (C=O) groups excluding carboxylic acids is 1. The van der Waals surface area contributed by atoms with E-state index in [9.17, 15) is 4.79 Å². The first-order valence-corrected chi connectivity index (χ1v) is 10.3. The summed E-state index contributed by atoms with van der Waals surface area (Å²) in [7, 11) is 0. The highest BCUT2D eigenvalue weighted by Gasteiger charge is 2.48. The van der Waals surface area contributed by atoms with E-state index in [-0.39, 0.29) is 11.3 Å². The molecular formula is C22H23N5O. The predicted molar refractivity (Wildman–Crippen MR) is 108 cm³/mol. The fourth-order valence-corrected chi connectivity index (χ4v) is 4.89. The van der Waals surface area contributed by atoms with Gasteiger partial charge in [-0.3, -0.25) is 9.20 Å². The summed E-state index contributed by atoms with van der Waals surface area (Å²) in [5.74, 6) is 1.74. The van der Waals surface area contributed by atoms with Crippen LogP contribution in [0.4, 0.5) is 11.6 Å². The maximum atomic E-state index is 12.7. The van der Waals surface area contributed by atoms with Gasteiger partial charge < -0.3 is 10.6 Å². The number of nitrogens with one attached hydrogen (secondary N) is 2. The van der Waals surface area contributed by atoms with Gasteiger partial charge in [0.2, 0.25) is 11.9 Å². The molecule has 3 aromatic rings. The van der Waals surface area contributed by atoms with Gasteiger partial charge in [0, 0.05) is 24.0 Å². The second-order valence-corrected chi connectivity index (χ2v) is 8.47. The van der Waals surface area contributed by atoms with Crippen LogP contribution in [0.2, 0.25) is 0 Å². The average molecular weight is 373 g/mol. The lowest BCUT2D eigenvalue weighted by atomic mass is 9.80. The number of hydrogen-bond acceptors (Lipinski definition) is 4. The Morgan fingerprint density at radius 3 is 2.86 bits per heavy atom. The molecule has 0 unspecified atom stereocenters. The number of pyridine rings is 1. The first-order valence-electron chi connectivity index (χ1n) is 10.3. The molecule has 6 rings (SSSR count). The van der Waals surface area contributed by atoms with E-state index < -0.39 is 0 Å². The highest BCUT2D eigenvalue weighted by atomic mass is 16.2. The number of amides is 1. The van der Waals surface area contributed by atoms with Crippen LogP contribution >= 0.6 is 0 Å². The molecule has 3 heterocycles. The van der Waals surface area contributed by atoms with Crippen LogP contribution in [0, 0.1) is 5.92 Å². The van der Waals surface area contributed by atoms with Crippen LogP contribution in [0.3, 0.4) is 0 Å². The molecule has 1 spiro atoms. The first kappa shape index (κ1) is 16.1.